The summed E-state index contributed by atoms with van der Waals surface area (Å²) in [6.07, 6.45) is 2.59. The van der Waals surface area contributed by atoms with Crippen LogP contribution in [0.5, 0.6) is 5.75 Å². The van der Waals surface area contributed by atoms with Crippen molar-refractivity contribution >= 4 is 23.0 Å². The van der Waals surface area contributed by atoms with E-state index in [2.05, 4.69) is 14.9 Å². The van der Waals surface area contributed by atoms with Crippen molar-refractivity contribution in [2.75, 3.05) is 44.7 Å². The van der Waals surface area contributed by atoms with Crippen LogP contribution in [0.3, 0.4) is 0 Å². The van der Waals surface area contributed by atoms with Crippen LogP contribution in [0.1, 0.15) is 5.56 Å². The molecule has 31 heavy (non-hydrogen) atoms. The third kappa shape index (κ3) is 4.88. The van der Waals surface area contributed by atoms with Crippen LogP contribution >= 0.6 is 11.3 Å². The number of carbonyl (C=O) groups is 1. The van der Waals surface area contributed by atoms with Gasteiger partial charge in [0.15, 0.2) is 0 Å². The summed E-state index contributed by atoms with van der Waals surface area (Å²) < 4.78 is 20.4. The molecule has 1 aliphatic rings. The lowest BCUT2D eigenvalue weighted by molar-refractivity contribution is -0.137. The van der Waals surface area contributed by atoms with Gasteiger partial charge in [-0.05, 0) is 30.0 Å². The molecule has 2 aromatic heterocycles. The fourth-order valence-corrected chi connectivity index (χ4v) is 4.77. The Morgan fingerprint density at radius 2 is 2.06 bits per heavy atom. The Morgan fingerprint density at radius 1 is 1.26 bits per heavy atom. The quantitative estimate of drug-likeness (QED) is 0.575. The van der Waals surface area contributed by atoms with E-state index in [0.717, 1.165) is 61.0 Å². The zero-order valence-corrected chi connectivity index (χ0v) is 18.1. The van der Waals surface area contributed by atoms with E-state index in [-0.39, 0.29) is 12.4 Å². The minimum Gasteiger partial charge on any atom is -0.494 e. The van der Waals surface area contributed by atoms with Gasteiger partial charge in [-0.15, -0.1) is 11.3 Å². The first-order chi connectivity index (χ1) is 15.0. The first-order valence-electron chi connectivity index (χ1n) is 10.2. The number of thiophene rings is 1. The maximum Gasteiger partial charge on any atom is 0.325 e. The zero-order valence-electron chi connectivity index (χ0n) is 17.3. The number of carboxylic acids is 1. The van der Waals surface area contributed by atoms with Gasteiger partial charge in [0.05, 0.1) is 29.6 Å². The number of aliphatic carboxylic acids is 1. The second-order valence-corrected chi connectivity index (χ2v) is 8.39. The summed E-state index contributed by atoms with van der Waals surface area (Å²) in [6.45, 7) is 4.16. The second-order valence-electron chi connectivity index (χ2n) is 7.44. The number of nitrogens with zero attached hydrogens (tertiary/aromatic N) is 4. The van der Waals surface area contributed by atoms with Crippen LogP contribution in [0.4, 0.5) is 10.1 Å². The first kappa shape index (κ1) is 21.3. The van der Waals surface area contributed by atoms with Crippen LogP contribution in [0.2, 0.25) is 0 Å². The summed E-state index contributed by atoms with van der Waals surface area (Å²) in [5.41, 5.74) is 2.87. The summed E-state index contributed by atoms with van der Waals surface area (Å²) in [4.78, 5) is 16.9. The van der Waals surface area contributed by atoms with E-state index in [1.54, 1.807) is 35.4 Å². The molecule has 1 aromatic carbocycles. The van der Waals surface area contributed by atoms with Crippen molar-refractivity contribution < 1.29 is 19.0 Å². The fraction of sp³-hybridized carbons (Fsp3) is 0.364. The molecule has 1 fully saturated rings. The maximum atomic E-state index is 13.5. The molecule has 3 heterocycles. The third-order valence-electron chi connectivity index (χ3n) is 5.51. The van der Waals surface area contributed by atoms with Gasteiger partial charge in [-0.2, -0.15) is 5.10 Å². The lowest BCUT2D eigenvalue weighted by Crippen LogP contribution is -2.47. The largest absolute Gasteiger partial charge is 0.494 e. The molecule has 0 atom stereocenters. The molecule has 0 saturated carbocycles. The van der Waals surface area contributed by atoms with Gasteiger partial charge in [-0.25, -0.2) is 4.39 Å². The number of aromatic nitrogens is 2. The van der Waals surface area contributed by atoms with Gasteiger partial charge in [0.25, 0.3) is 0 Å². The van der Waals surface area contributed by atoms with Crippen LogP contribution < -0.4 is 9.64 Å². The van der Waals surface area contributed by atoms with Crippen molar-refractivity contribution in [2.45, 2.75) is 13.0 Å². The van der Waals surface area contributed by atoms with E-state index in [1.807, 2.05) is 17.5 Å². The SMILES string of the molecule is COc1cc(F)ccc1N1CCN(CCc2cnn(CC(=O)O)c2-c2cccs2)CC1. The molecule has 0 spiro atoms. The number of methoxy groups -OCH3 is 1. The topological polar surface area (TPSA) is 70.8 Å². The van der Waals surface area contributed by atoms with Crippen molar-refractivity contribution in [3.63, 3.8) is 0 Å². The van der Waals surface area contributed by atoms with Crippen molar-refractivity contribution in [1.29, 1.82) is 0 Å². The molecule has 0 unspecified atom stereocenters. The van der Waals surface area contributed by atoms with E-state index in [9.17, 15) is 14.3 Å². The van der Waals surface area contributed by atoms with Crippen LogP contribution in [0.25, 0.3) is 10.6 Å². The van der Waals surface area contributed by atoms with Gasteiger partial charge in [0.1, 0.15) is 18.1 Å². The van der Waals surface area contributed by atoms with Gasteiger partial charge < -0.3 is 14.7 Å². The Morgan fingerprint density at radius 3 is 2.74 bits per heavy atom. The smallest absolute Gasteiger partial charge is 0.325 e. The van der Waals surface area contributed by atoms with Crippen LogP contribution in [0.15, 0.2) is 41.9 Å². The van der Waals surface area contributed by atoms with E-state index in [0.29, 0.717) is 5.75 Å². The second kappa shape index (κ2) is 9.49. The van der Waals surface area contributed by atoms with Crippen molar-refractivity contribution in [1.82, 2.24) is 14.7 Å². The molecule has 0 aliphatic carbocycles. The lowest BCUT2D eigenvalue weighted by Gasteiger charge is -2.36. The molecule has 4 rings (SSSR count). The minimum absolute atomic E-state index is 0.147. The molecule has 3 aromatic rings. The number of benzene rings is 1. The number of anilines is 1. The van der Waals surface area contributed by atoms with Crippen LogP contribution in [0, 0.1) is 5.82 Å². The van der Waals surface area contributed by atoms with E-state index >= 15 is 0 Å². The molecule has 7 nitrogen and oxygen atoms in total. The number of rotatable bonds is 8. The Labute approximate surface area is 184 Å². The minimum atomic E-state index is -0.903. The molecule has 1 N–H and O–H groups in total. The van der Waals surface area contributed by atoms with Crippen molar-refractivity contribution in [2.24, 2.45) is 0 Å². The highest BCUT2D eigenvalue weighted by molar-refractivity contribution is 7.13. The van der Waals surface area contributed by atoms with Crippen LogP contribution in [-0.2, 0) is 17.8 Å². The lowest BCUT2D eigenvalue weighted by atomic mass is 10.1. The highest BCUT2D eigenvalue weighted by Gasteiger charge is 2.21. The van der Waals surface area contributed by atoms with Gasteiger partial charge in [-0.1, -0.05) is 6.07 Å². The van der Waals surface area contributed by atoms with E-state index < -0.39 is 5.97 Å². The van der Waals surface area contributed by atoms with Crippen LogP contribution in [-0.4, -0.2) is 65.6 Å². The summed E-state index contributed by atoms with van der Waals surface area (Å²) >= 11 is 1.59. The van der Waals surface area contributed by atoms with Gasteiger partial charge in [-0.3, -0.25) is 14.4 Å². The number of carboxylic acid groups (broad SMARTS) is 1. The summed E-state index contributed by atoms with van der Waals surface area (Å²) in [5, 5.41) is 15.5. The van der Waals surface area contributed by atoms with Gasteiger partial charge in [0.2, 0.25) is 0 Å². The molecule has 0 radical (unpaired) electrons. The summed E-state index contributed by atoms with van der Waals surface area (Å²) in [6, 6.07) is 8.62. The Kier molecular flexibility index (Phi) is 6.53. The first-order valence-corrected chi connectivity index (χ1v) is 11.0. The average molecular weight is 445 g/mol. The highest BCUT2D eigenvalue weighted by atomic mass is 32.1. The zero-order chi connectivity index (χ0) is 21.8. The molecular formula is C22H25FN4O3S. The predicted octanol–water partition coefficient (Wildman–Crippen LogP) is 3.21. The number of halogens is 1. The molecular weight excluding hydrogens is 419 g/mol. The number of ether oxygens (including phenoxy) is 1. The number of piperazine rings is 1. The van der Waals surface area contributed by atoms with Gasteiger partial charge >= 0.3 is 5.97 Å². The Bertz CT molecular complexity index is 1030. The highest BCUT2D eigenvalue weighted by Crippen LogP contribution is 2.31. The monoisotopic (exact) mass is 444 g/mol. The van der Waals surface area contributed by atoms with Crippen molar-refractivity contribution in [3.05, 3.63) is 53.3 Å². The molecule has 164 valence electrons. The average Bonchev–Trinajstić information content (AvgIpc) is 3.42. The fourth-order valence-electron chi connectivity index (χ4n) is 3.96. The predicted molar refractivity (Wildman–Crippen MR) is 118 cm³/mol. The summed E-state index contributed by atoms with van der Waals surface area (Å²) in [7, 11) is 1.56. The maximum absolute atomic E-state index is 13.5. The molecule has 1 aliphatic heterocycles. The Balaban J connectivity index is 1.39. The molecule has 0 amide bonds. The number of hydrogen-bond acceptors (Lipinski definition) is 6. The normalized spacial score (nSPS) is 14.7. The van der Waals surface area contributed by atoms with E-state index in [4.69, 9.17) is 4.74 Å². The van der Waals surface area contributed by atoms with Gasteiger partial charge in [0, 0.05) is 44.4 Å². The van der Waals surface area contributed by atoms with E-state index in [1.165, 1.54) is 12.1 Å². The third-order valence-corrected chi connectivity index (χ3v) is 6.38. The molecule has 0 bridgehead atoms. The number of hydrogen-bond donors (Lipinski definition) is 1. The molecule has 9 heteroatoms. The van der Waals surface area contributed by atoms with Crippen molar-refractivity contribution in [3.8, 4) is 16.3 Å². The Hall–Kier alpha value is -2.91. The standard InChI is InChI=1S/C22H25FN4O3S/c1-30-19-13-17(23)4-5-18(19)26-10-8-25(9-11-26)7-6-16-14-24-27(15-21(28)29)22(16)20-3-2-12-31-20/h2-5,12-14H,6-11,15H2,1H3,(H,28,29). The molecule has 1 saturated heterocycles. The summed E-state index contributed by atoms with van der Waals surface area (Å²) in [5.74, 6) is -0.649.